The molecular weight excluding hydrogens is 384 g/mol. The molecule has 0 radical (unpaired) electrons. The fourth-order valence-electron chi connectivity index (χ4n) is 2.94. The molecule has 0 bridgehead atoms. The van der Waals surface area contributed by atoms with E-state index in [0.717, 1.165) is 16.6 Å². The van der Waals surface area contributed by atoms with Crippen LogP contribution < -0.4 is 14.9 Å². The quantitative estimate of drug-likeness (QED) is 0.531. The van der Waals surface area contributed by atoms with Crippen LogP contribution >= 0.6 is 0 Å². The number of hydrogen-bond donors (Lipinski definition) is 2. The Bertz CT molecular complexity index is 1070. The van der Waals surface area contributed by atoms with Crippen LogP contribution in [0, 0.1) is 0 Å². The van der Waals surface area contributed by atoms with E-state index in [-0.39, 0.29) is 4.90 Å². The summed E-state index contributed by atoms with van der Waals surface area (Å²) in [6, 6.07) is 15.2. The number of nitrogens with zero attached hydrogens (tertiary/aromatic N) is 2. The van der Waals surface area contributed by atoms with Crippen molar-refractivity contribution in [3.8, 4) is 0 Å². The second kappa shape index (κ2) is 9.65. The average Bonchev–Trinajstić information content (AvgIpc) is 2.73. The normalized spacial score (nSPS) is 11.9. The highest BCUT2D eigenvalue weighted by atomic mass is 32.2. The molecule has 3 rings (SSSR count). The summed E-state index contributed by atoms with van der Waals surface area (Å²) in [5.41, 5.74) is 2.29. The van der Waals surface area contributed by atoms with Crippen molar-refractivity contribution in [3.63, 3.8) is 0 Å². The lowest BCUT2D eigenvalue weighted by Gasteiger charge is -2.11. The first-order valence-corrected chi connectivity index (χ1v) is 10.9. The lowest BCUT2D eigenvalue weighted by atomic mass is 10.2. The van der Waals surface area contributed by atoms with Gasteiger partial charge in [0.1, 0.15) is 0 Å². The van der Waals surface area contributed by atoms with Crippen molar-refractivity contribution in [2.75, 3.05) is 38.6 Å². The zero-order chi connectivity index (χ0) is 20.7. The van der Waals surface area contributed by atoms with Gasteiger partial charge in [-0.2, -0.15) is 0 Å². The van der Waals surface area contributed by atoms with E-state index >= 15 is 0 Å². The number of pyridine rings is 1. The molecule has 0 saturated carbocycles. The third-order valence-electron chi connectivity index (χ3n) is 4.51. The molecule has 0 aliphatic heterocycles. The van der Waals surface area contributed by atoms with Crippen LogP contribution in [0.2, 0.25) is 0 Å². The molecule has 0 aliphatic carbocycles. The van der Waals surface area contributed by atoms with Crippen LogP contribution in [0.3, 0.4) is 0 Å². The lowest BCUT2D eigenvalue weighted by molar-refractivity contribution is 0.579. The molecule has 152 valence electrons. The average molecular weight is 411 g/mol. The summed E-state index contributed by atoms with van der Waals surface area (Å²) in [7, 11) is 0.455. The summed E-state index contributed by atoms with van der Waals surface area (Å²) >= 11 is 0. The molecule has 0 saturated heterocycles. The lowest BCUT2D eigenvalue weighted by Crippen LogP contribution is -2.32. The number of fused-ring (bicyclic) bond motifs is 1. The van der Waals surface area contributed by atoms with E-state index in [1.54, 1.807) is 30.6 Å². The van der Waals surface area contributed by atoms with E-state index in [1.807, 2.05) is 32.3 Å². The fraction of sp³-hybridized carbons (Fsp3) is 0.227. The Morgan fingerprint density at radius 2 is 1.83 bits per heavy atom. The highest BCUT2D eigenvalue weighted by molar-refractivity contribution is 7.89. The van der Waals surface area contributed by atoms with Crippen molar-refractivity contribution in [2.24, 2.45) is 0 Å². The molecular formula is C22H26N4O2S. The van der Waals surface area contributed by atoms with Crippen molar-refractivity contribution >= 4 is 32.6 Å². The largest absolute Gasteiger partial charge is 0.378 e. The van der Waals surface area contributed by atoms with Crippen LogP contribution in [0.4, 0.5) is 5.69 Å². The molecule has 3 aromatic rings. The molecule has 29 heavy (non-hydrogen) atoms. The van der Waals surface area contributed by atoms with Gasteiger partial charge in [0.25, 0.3) is 0 Å². The summed E-state index contributed by atoms with van der Waals surface area (Å²) in [5, 5.41) is 4.69. The van der Waals surface area contributed by atoms with Crippen LogP contribution in [-0.4, -0.2) is 47.1 Å². The second-order valence-corrected chi connectivity index (χ2v) is 8.58. The van der Waals surface area contributed by atoms with E-state index < -0.39 is 10.0 Å². The Hall–Kier alpha value is -2.74. The Kier molecular flexibility index (Phi) is 6.98. The molecule has 1 heterocycles. The molecule has 0 fully saturated rings. The number of benzene rings is 2. The van der Waals surface area contributed by atoms with Gasteiger partial charge in [-0.05, 0) is 29.8 Å². The second-order valence-electron chi connectivity index (χ2n) is 6.84. The number of aromatic nitrogens is 1. The maximum Gasteiger partial charge on any atom is 0.241 e. The van der Waals surface area contributed by atoms with Crippen molar-refractivity contribution in [1.29, 1.82) is 0 Å². The predicted molar refractivity (Wildman–Crippen MR) is 120 cm³/mol. The summed E-state index contributed by atoms with van der Waals surface area (Å²) in [6.45, 7) is 1.52. The van der Waals surface area contributed by atoms with Gasteiger partial charge in [0.2, 0.25) is 10.0 Å². The third-order valence-corrected chi connectivity index (χ3v) is 6.03. The Labute approximate surface area is 172 Å². The van der Waals surface area contributed by atoms with Gasteiger partial charge >= 0.3 is 0 Å². The third kappa shape index (κ3) is 5.63. The molecule has 0 aliphatic rings. The maximum atomic E-state index is 12.6. The number of nitrogens with one attached hydrogen (secondary N) is 2. The summed E-state index contributed by atoms with van der Waals surface area (Å²) < 4.78 is 27.9. The molecule has 2 N–H and O–H groups in total. The van der Waals surface area contributed by atoms with Crippen LogP contribution in [0.25, 0.3) is 16.8 Å². The van der Waals surface area contributed by atoms with Gasteiger partial charge in [-0.15, -0.1) is 0 Å². The van der Waals surface area contributed by atoms with Gasteiger partial charge in [0, 0.05) is 62.6 Å². The molecule has 7 heteroatoms. The zero-order valence-corrected chi connectivity index (χ0v) is 17.5. The predicted octanol–water partition coefficient (Wildman–Crippen LogP) is 2.88. The van der Waals surface area contributed by atoms with Crippen molar-refractivity contribution in [1.82, 2.24) is 15.0 Å². The van der Waals surface area contributed by atoms with Crippen LogP contribution in [0.15, 0.2) is 71.9 Å². The number of sulfonamides is 1. The minimum Gasteiger partial charge on any atom is -0.378 e. The maximum absolute atomic E-state index is 12.6. The minimum atomic E-state index is -3.57. The SMILES string of the molecule is CN(C)c1ccc(/C=C/CNCCNS(=O)(=O)c2cccc3cnccc23)cc1. The monoisotopic (exact) mass is 410 g/mol. The molecule has 1 aromatic heterocycles. The summed E-state index contributed by atoms with van der Waals surface area (Å²) in [4.78, 5) is 6.38. The van der Waals surface area contributed by atoms with E-state index in [0.29, 0.717) is 25.0 Å². The van der Waals surface area contributed by atoms with E-state index in [9.17, 15) is 8.42 Å². The number of rotatable bonds is 9. The van der Waals surface area contributed by atoms with Gasteiger partial charge in [0.05, 0.1) is 4.90 Å². The summed E-state index contributed by atoms with van der Waals surface area (Å²) in [5.74, 6) is 0. The van der Waals surface area contributed by atoms with Gasteiger partial charge in [-0.1, -0.05) is 36.4 Å². The topological polar surface area (TPSA) is 74.3 Å². The smallest absolute Gasteiger partial charge is 0.241 e. The zero-order valence-electron chi connectivity index (χ0n) is 16.7. The standard InChI is InChI=1S/C22H26N4O2S/c1-26(2)20-10-8-18(9-11-20)5-4-13-23-15-16-25-29(27,28)22-7-3-6-19-17-24-14-12-21(19)22/h3-12,14,17,23,25H,13,15-16H2,1-2H3/b5-4+. The van der Waals surface area contributed by atoms with E-state index in [1.165, 1.54) is 0 Å². The highest BCUT2D eigenvalue weighted by Crippen LogP contribution is 2.21. The van der Waals surface area contributed by atoms with Crippen molar-refractivity contribution < 1.29 is 8.42 Å². The Balaban J connectivity index is 1.46. The number of hydrogen-bond acceptors (Lipinski definition) is 5. The number of anilines is 1. The molecule has 0 spiro atoms. The van der Waals surface area contributed by atoms with Gasteiger partial charge in [-0.25, -0.2) is 13.1 Å². The molecule has 0 atom stereocenters. The van der Waals surface area contributed by atoms with Gasteiger partial charge in [-0.3, -0.25) is 4.98 Å². The van der Waals surface area contributed by atoms with Crippen molar-refractivity contribution in [3.05, 3.63) is 72.6 Å². The van der Waals surface area contributed by atoms with Crippen LogP contribution in [0.5, 0.6) is 0 Å². The molecule has 2 aromatic carbocycles. The van der Waals surface area contributed by atoms with E-state index in [2.05, 4.69) is 44.2 Å². The van der Waals surface area contributed by atoms with Gasteiger partial charge in [0.15, 0.2) is 0 Å². The summed E-state index contributed by atoms with van der Waals surface area (Å²) in [6.07, 6.45) is 7.33. The Morgan fingerprint density at radius 1 is 1.03 bits per heavy atom. The van der Waals surface area contributed by atoms with Gasteiger partial charge < -0.3 is 10.2 Å². The van der Waals surface area contributed by atoms with E-state index in [4.69, 9.17) is 0 Å². The Morgan fingerprint density at radius 3 is 2.59 bits per heavy atom. The molecule has 0 unspecified atom stereocenters. The van der Waals surface area contributed by atoms with Crippen molar-refractivity contribution in [2.45, 2.75) is 4.90 Å². The van der Waals surface area contributed by atoms with Crippen LogP contribution in [0.1, 0.15) is 5.56 Å². The minimum absolute atomic E-state index is 0.276. The highest BCUT2D eigenvalue weighted by Gasteiger charge is 2.16. The first-order valence-electron chi connectivity index (χ1n) is 9.44. The van der Waals surface area contributed by atoms with Crippen LogP contribution in [-0.2, 0) is 10.0 Å². The fourth-order valence-corrected chi connectivity index (χ4v) is 4.20. The first kappa shape index (κ1) is 21.0. The first-order chi connectivity index (χ1) is 14.0. The molecule has 0 amide bonds. The molecule has 6 nitrogen and oxygen atoms in total.